The Hall–Kier alpha value is -1.81. The minimum Gasteiger partial charge on any atom is -0.482 e. The molecule has 2 aromatic carbocycles. The second kappa shape index (κ2) is 6.21. The number of para-hydroxylation sites is 1. The molecule has 0 fully saturated rings. The monoisotopic (exact) mass is 306 g/mol. The summed E-state index contributed by atoms with van der Waals surface area (Å²) < 4.78 is 11.3. The molecule has 0 amide bonds. The average molecular weight is 307 g/mol. The molecule has 0 saturated heterocycles. The maximum atomic E-state index is 11.5. The predicted octanol–water partition coefficient (Wildman–Crippen LogP) is 3.43. The summed E-state index contributed by atoms with van der Waals surface area (Å²) in [7, 11) is 0. The molecule has 18 heavy (non-hydrogen) atoms. The van der Waals surface area contributed by atoms with Gasteiger partial charge < -0.3 is 9.47 Å². The van der Waals surface area contributed by atoms with Gasteiger partial charge in [-0.15, -0.1) is 0 Å². The van der Waals surface area contributed by atoms with Gasteiger partial charge in [0.1, 0.15) is 11.5 Å². The van der Waals surface area contributed by atoms with Crippen molar-refractivity contribution in [3.8, 4) is 11.5 Å². The molecule has 0 heterocycles. The van der Waals surface area contributed by atoms with E-state index in [0.29, 0.717) is 11.5 Å². The van der Waals surface area contributed by atoms with E-state index in [1.165, 1.54) is 0 Å². The molecular formula is C14H11BrO3. The Morgan fingerprint density at radius 2 is 1.61 bits per heavy atom. The summed E-state index contributed by atoms with van der Waals surface area (Å²) in [5.74, 6) is 0.714. The van der Waals surface area contributed by atoms with E-state index in [0.717, 1.165) is 4.47 Å². The smallest absolute Gasteiger partial charge is 0.349 e. The van der Waals surface area contributed by atoms with E-state index in [-0.39, 0.29) is 6.61 Å². The lowest BCUT2D eigenvalue weighted by molar-refractivity contribution is -0.136. The SMILES string of the molecule is O=C(COc1ccccc1)Oc1ccc(Br)cc1. The molecule has 0 saturated carbocycles. The summed E-state index contributed by atoms with van der Waals surface area (Å²) in [5.41, 5.74) is 0. The third-order valence-corrected chi connectivity index (χ3v) is 2.67. The summed E-state index contributed by atoms with van der Waals surface area (Å²) in [6, 6.07) is 16.2. The molecule has 2 rings (SSSR count). The van der Waals surface area contributed by atoms with Crippen LogP contribution in [0.1, 0.15) is 0 Å². The summed E-state index contributed by atoms with van der Waals surface area (Å²) in [5, 5.41) is 0. The van der Waals surface area contributed by atoms with Crippen molar-refractivity contribution in [2.75, 3.05) is 6.61 Å². The highest BCUT2D eigenvalue weighted by atomic mass is 79.9. The number of halogens is 1. The Morgan fingerprint density at radius 3 is 2.28 bits per heavy atom. The van der Waals surface area contributed by atoms with Gasteiger partial charge in [0, 0.05) is 4.47 Å². The fraction of sp³-hybridized carbons (Fsp3) is 0.0714. The quantitative estimate of drug-likeness (QED) is 0.641. The third kappa shape index (κ3) is 3.89. The van der Waals surface area contributed by atoms with Crippen molar-refractivity contribution in [3.63, 3.8) is 0 Å². The van der Waals surface area contributed by atoms with Gasteiger partial charge in [-0.25, -0.2) is 4.79 Å². The highest BCUT2D eigenvalue weighted by Gasteiger charge is 2.05. The molecule has 3 nitrogen and oxygen atoms in total. The van der Waals surface area contributed by atoms with Crippen molar-refractivity contribution in [1.82, 2.24) is 0 Å². The van der Waals surface area contributed by atoms with Gasteiger partial charge in [0.2, 0.25) is 0 Å². The van der Waals surface area contributed by atoms with Crippen LogP contribution in [0.4, 0.5) is 0 Å². The van der Waals surface area contributed by atoms with Gasteiger partial charge in [0.15, 0.2) is 6.61 Å². The summed E-state index contributed by atoms with van der Waals surface area (Å²) in [6.07, 6.45) is 0. The number of carbonyl (C=O) groups excluding carboxylic acids is 1. The van der Waals surface area contributed by atoms with E-state index < -0.39 is 5.97 Å². The van der Waals surface area contributed by atoms with Gasteiger partial charge in [-0.3, -0.25) is 0 Å². The van der Waals surface area contributed by atoms with Crippen molar-refractivity contribution in [3.05, 3.63) is 59.1 Å². The number of hydrogen-bond donors (Lipinski definition) is 0. The van der Waals surface area contributed by atoms with Crippen molar-refractivity contribution in [1.29, 1.82) is 0 Å². The van der Waals surface area contributed by atoms with E-state index in [1.807, 2.05) is 18.2 Å². The first-order valence-electron chi connectivity index (χ1n) is 5.38. The molecule has 92 valence electrons. The molecule has 0 aliphatic carbocycles. The highest BCUT2D eigenvalue weighted by molar-refractivity contribution is 9.10. The van der Waals surface area contributed by atoms with Gasteiger partial charge in [-0.05, 0) is 36.4 Å². The fourth-order valence-corrected chi connectivity index (χ4v) is 1.59. The first-order chi connectivity index (χ1) is 8.74. The van der Waals surface area contributed by atoms with Crippen LogP contribution >= 0.6 is 15.9 Å². The topological polar surface area (TPSA) is 35.5 Å². The molecular weight excluding hydrogens is 296 g/mol. The van der Waals surface area contributed by atoms with Crippen molar-refractivity contribution in [2.45, 2.75) is 0 Å². The molecule has 0 bridgehead atoms. The normalized spacial score (nSPS) is 9.83. The van der Waals surface area contributed by atoms with Crippen molar-refractivity contribution >= 4 is 21.9 Å². The minimum absolute atomic E-state index is 0.111. The zero-order valence-electron chi connectivity index (χ0n) is 9.51. The summed E-state index contributed by atoms with van der Waals surface area (Å²) in [4.78, 5) is 11.5. The lowest BCUT2D eigenvalue weighted by Crippen LogP contribution is -2.17. The van der Waals surface area contributed by atoms with Crippen LogP contribution in [-0.2, 0) is 4.79 Å². The number of rotatable bonds is 4. The Bertz CT molecular complexity index is 508. The molecule has 0 spiro atoms. The third-order valence-electron chi connectivity index (χ3n) is 2.15. The molecule has 2 aromatic rings. The van der Waals surface area contributed by atoms with Gasteiger partial charge in [0.05, 0.1) is 0 Å². The van der Waals surface area contributed by atoms with Crippen LogP contribution in [0.15, 0.2) is 59.1 Å². The molecule has 0 aliphatic rings. The molecule has 0 N–H and O–H groups in total. The summed E-state index contributed by atoms with van der Waals surface area (Å²) >= 11 is 3.31. The van der Waals surface area contributed by atoms with E-state index in [9.17, 15) is 4.79 Å². The number of esters is 1. The lowest BCUT2D eigenvalue weighted by Gasteiger charge is -2.06. The second-order valence-corrected chi connectivity index (χ2v) is 4.45. The zero-order chi connectivity index (χ0) is 12.8. The maximum Gasteiger partial charge on any atom is 0.349 e. The lowest BCUT2D eigenvalue weighted by atomic mass is 10.3. The van der Waals surface area contributed by atoms with Crippen molar-refractivity contribution in [2.24, 2.45) is 0 Å². The van der Waals surface area contributed by atoms with Gasteiger partial charge >= 0.3 is 5.97 Å². The van der Waals surface area contributed by atoms with E-state index in [2.05, 4.69) is 15.9 Å². The van der Waals surface area contributed by atoms with Crippen LogP contribution in [0, 0.1) is 0 Å². The molecule has 0 aliphatic heterocycles. The Kier molecular flexibility index (Phi) is 4.36. The van der Waals surface area contributed by atoms with Crippen LogP contribution in [0.25, 0.3) is 0 Å². The van der Waals surface area contributed by atoms with E-state index in [1.54, 1.807) is 36.4 Å². The van der Waals surface area contributed by atoms with Crippen molar-refractivity contribution < 1.29 is 14.3 Å². The second-order valence-electron chi connectivity index (χ2n) is 3.53. The number of benzene rings is 2. The van der Waals surface area contributed by atoms with Crippen LogP contribution < -0.4 is 9.47 Å². The highest BCUT2D eigenvalue weighted by Crippen LogP contribution is 2.16. The molecule has 0 atom stereocenters. The van der Waals surface area contributed by atoms with Crippen LogP contribution in [0.5, 0.6) is 11.5 Å². The Labute approximate surface area is 113 Å². The first-order valence-corrected chi connectivity index (χ1v) is 6.17. The van der Waals surface area contributed by atoms with Gasteiger partial charge in [-0.2, -0.15) is 0 Å². The molecule has 0 aromatic heterocycles. The standard InChI is InChI=1S/C14H11BrO3/c15-11-6-8-13(9-7-11)18-14(16)10-17-12-4-2-1-3-5-12/h1-9H,10H2. The first kappa shape index (κ1) is 12.6. The predicted molar refractivity (Wildman–Crippen MR) is 71.7 cm³/mol. The van der Waals surface area contributed by atoms with E-state index >= 15 is 0 Å². The number of hydrogen-bond acceptors (Lipinski definition) is 3. The zero-order valence-corrected chi connectivity index (χ0v) is 11.1. The number of ether oxygens (including phenoxy) is 2. The van der Waals surface area contributed by atoms with Crippen LogP contribution in [0.3, 0.4) is 0 Å². The average Bonchev–Trinajstić information content (AvgIpc) is 2.40. The fourth-order valence-electron chi connectivity index (χ4n) is 1.32. The Morgan fingerprint density at radius 1 is 0.944 bits per heavy atom. The number of carbonyl (C=O) groups is 1. The summed E-state index contributed by atoms with van der Waals surface area (Å²) in [6.45, 7) is -0.111. The van der Waals surface area contributed by atoms with Gasteiger partial charge in [-0.1, -0.05) is 34.1 Å². The van der Waals surface area contributed by atoms with E-state index in [4.69, 9.17) is 9.47 Å². The van der Waals surface area contributed by atoms with Crippen LogP contribution in [0.2, 0.25) is 0 Å². The van der Waals surface area contributed by atoms with Gasteiger partial charge in [0.25, 0.3) is 0 Å². The largest absolute Gasteiger partial charge is 0.482 e. The Balaban J connectivity index is 1.84. The van der Waals surface area contributed by atoms with Crippen LogP contribution in [-0.4, -0.2) is 12.6 Å². The molecule has 0 radical (unpaired) electrons. The molecule has 4 heteroatoms. The maximum absolute atomic E-state index is 11.5. The minimum atomic E-state index is -0.429. The molecule has 0 unspecified atom stereocenters.